The zero-order chi connectivity index (χ0) is 12.0. The van der Waals surface area contributed by atoms with Crippen molar-refractivity contribution in [2.75, 3.05) is 0 Å². The topological polar surface area (TPSA) is 0 Å². The van der Waals surface area contributed by atoms with Gasteiger partial charge in [-0.05, 0) is 50.3 Å². The Kier molecular flexibility index (Phi) is 5.31. The molecule has 0 N–H and O–H groups in total. The van der Waals surface area contributed by atoms with Crippen LogP contribution in [0.25, 0.3) is 6.08 Å². The lowest BCUT2D eigenvalue weighted by Gasteiger charge is -2.06. The Morgan fingerprint density at radius 3 is 2.50 bits per heavy atom. The van der Waals surface area contributed by atoms with Crippen molar-refractivity contribution in [3.8, 4) is 0 Å². The Hall–Kier alpha value is -1.04. The summed E-state index contributed by atoms with van der Waals surface area (Å²) in [5.41, 5.74) is 5.55. The molecule has 1 aromatic carbocycles. The third-order valence-electron chi connectivity index (χ3n) is 3.12. The van der Waals surface area contributed by atoms with Crippen LogP contribution in [-0.2, 0) is 0 Å². The average Bonchev–Trinajstić information content (AvgIpc) is 2.24. The van der Waals surface area contributed by atoms with Gasteiger partial charge in [-0.25, -0.2) is 0 Å². The Morgan fingerprint density at radius 2 is 1.81 bits per heavy atom. The fourth-order valence-electron chi connectivity index (χ4n) is 1.97. The summed E-state index contributed by atoms with van der Waals surface area (Å²) in [6.07, 6.45) is 9.77. The number of hydrogen-bond donors (Lipinski definition) is 0. The Balaban J connectivity index is 2.66. The number of benzene rings is 1. The number of rotatable bonds is 5. The fourth-order valence-corrected chi connectivity index (χ4v) is 1.97. The molecule has 0 fully saturated rings. The van der Waals surface area contributed by atoms with Gasteiger partial charge in [-0.1, -0.05) is 49.6 Å². The molecule has 88 valence electrons. The second-order valence-corrected chi connectivity index (χ2v) is 4.69. The van der Waals surface area contributed by atoms with Crippen LogP contribution in [0, 0.1) is 20.8 Å². The lowest BCUT2D eigenvalue weighted by atomic mass is 9.99. The molecule has 0 heterocycles. The summed E-state index contributed by atoms with van der Waals surface area (Å²) in [6, 6.07) is 4.53. The molecular formula is C16H24. The summed E-state index contributed by atoms with van der Waals surface area (Å²) in [5, 5.41) is 0. The minimum absolute atomic E-state index is 1.21. The molecule has 1 rings (SSSR count). The van der Waals surface area contributed by atoms with Crippen molar-refractivity contribution in [2.45, 2.75) is 53.4 Å². The van der Waals surface area contributed by atoms with Gasteiger partial charge in [0.05, 0.1) is 0 Å². The highest BCUT2D eigenvalue weighted by Crippen LogP contribution is 2.17. The van der Waals surface area contributed by atoms with E-state index in [2.05, 4.69) is 52.0 Å². The summed E-state index contributed by atoms with van der Waals surface area (Å²) in [5.74, 6) is 0. The van der Waals surface area contributed by atoms with E-state index in [0.29, 0.717) is 0 Å². The maximum Gasteiger partial charge on any atom is -0.0225 e. The standard InChI is InChI=1S/C16H24/c1-5-6-7-8-9-10-16-12-13(2)11-14(3)15(16)4/h9-12H,5-8H2,1-4H3. The first-order chi connectivity index (χ1) is 7.65. The smallest absolute Gasteiger partial charge is 0.0225 e. The molecule has 0 nitrogen and oxygen atoms in total. The molecule has 0 aliphatic heterocycles. The molecule has 0 spiro atoms. The molecule has 16 heavy (non-hydrogen) atoms. The van der Waals surface area contributed by atoms with Crippen LogP contribution >= 0.6 is 0 Å². The number of unbranched alkanes of at least 4 members (excludes halogenated alkanes) is 3. The van der Waals surface area contributed by atoms with Crippen LogP contribution in [0.3, 0.4) is 0 Å². The largest absolute Gasteiger partial charge is 0.0839 e. The molecule has 0 saturated carbocycles. The van der Waals surface area contributed by atoms with Gasteiger partial charge in [-0.15, -0.1) is 0 Å². The average molecular weight is 216 g/mol. The predicted octanol–water partition coefficient (Wildman–Crippen LogP) is 5.21. The molecule has 0 atom stereocenters. The van der Waals surface area contributed by atoms with Gasteiger partial charge in [-0.2, -0.15) is 0 Å². The third-order valence-corrected chi connectivity index (χ3v) is 3.12. The number of hydrogen-bond acceptors (Lipinski definition) is 0. The number of allylic oxidation sites excluding steroid dienone is 1. The highest BCUT2D eigenvalue weighted by atomic mass is 14.0. The zero-order valence-electron chi connectivity index (χ0n) is 11.1. The molecule has 0 radical (unpaired) electrons. The van der Waals surface area contributed by atoms with Crippen LogP contribution in [-0.4, -0.2) is 0 Å². The van der Waals surface area contributed by atoms with Gasteiger partial charge < -0.3 is 0 Å². The molecule has 1 aromatic rings. The Morgan fingerprint density at radius 1 is 1.06 bits per heavy atom. The zero-order valence-corrected chi connectivity index (χ0v) is 11.1. The molecule has 0 aliphatic carbocycles. The van der Waals surface area contributed by atoms with E-state index >= 15 is 0 Å². The lowest BCUT2D eigenvalue weighted by molar-refractivity contribution is 0.730. The van der Waals surface area contributed by atoms with Crippen LogP contribution in [0.4, 0.5) is 0 Å². The van der Waals surface area contributed by atoms with E-state index in [1.165, 1.54) is 47.9 Å². The maximum atomic E-state index is 2.32. The van der Waals surface area contributed by atoms with Crippen molar-refractivity contribution < 1.29 is 0 Å². The monoisotopic (exact) mass is 216 g/mol. The van der Waals surface area contributed by atoms with E-state index in [4.69, 9.17) is 0 Å². The van der Waals surface area contributed by atoms with E-state index < -0.39 is 0 Å². The molecular weight excluding hydrogens is 192 g/mol. The van der Waals surface area contributed by atoms with Gasteiger partial charge in [-0.3, -0.25) is 0 Å². The van der Waals surface area contributed by atoms with Crippen molar-refractivity contribution in [3.05, 3.63) is 40.5 Å². The second-order valence-electron chi connectivity index (χ2n) is 4.69. The van der Waals surface area contributed by atoms with Crippen molar-refractivity contribution in [1.82, 2.24) is 0 Å². The van der Waals surface area contributed by atoms with Gasteiger partial charge >= 0.3 is 0 Å². The normalized spacial score (nSPS) is 11.2. The van der Waals surface area contributed by atoms with Crippen molar-refractivity contribution >= 4 is 6.08 Å². The van der Waals surface area contributed by atoms with Gasteiger partial charge in [0.1, 0.15) is 0 Å². The van der Waals surface area contributed by atoms with Gasteiger partial charge in [0.2, 0.25) is 0 Å². The molecule has 0 saturated heterocycles. The van der Waals surface area contributed by atoms with E-state index in [0.717, 1.165) is 0 Å². The SMILES string of the molecule is CCCCCC=Cc1cc(C)cc(C)c1C. The van der Waals surface area contributed by atoms with Crippen LogP contribution < -0.4 is 0 Å². The number of aryl methyl sites for hydroxylation is 2. The van der Waals surface area contributed by atoms with Crippen LogP contribution in [0.1, 0.15) is 54.9 Å². The van der Waals surface area contributed by atoms with Crippen molar-refractivity contribution in [3.63, 3.8) is 0 Å². The highest BCUT2D eigenvalue weighted by molar-refractivity contribution is 5.56. The predicted molar refractivity (Wildman–Crippen MR) is 73.8 cm³/mol. The molecule has 0 aliphatic rings. The molecule has 0 amide bonds. The van der Waals surface area contributed by atoms with Gasteiger partial charge in [0.25, 0.3) is 0 Å². The van der Waals surface area contributed by atoms with E-state index in [-0.39, 0.29) is 0 Å². The molecule has 0 heteroatoms. The quantitative estimate of drug-likeness (QED) is 0.593. The molecule has 0 unspecified atom stereocenters. The van der Waals surface area contributed by atoms with E-state index in [9.17, 15) is 0 Å². The van der Waals surface area contributed by atoms with Crippen LogP contribution in [0.2, 0.25) is 0 Å². The fraction of sp³-hybridized carbons (Fsp3) is 0.500. The van der Waals surface area contributed by atoms with Crippen molar-refractivity contribution in [1.29, 1.82) is 0 Å². The third kappa shape index (κ3) is 3.84. The Bertz CT molecular complexity index is 359. The van der Waals surface area contributed by atoms with Gasteiger partial charge in [0.15, 0.2) is 0 Å². The summed E-state index contributed by atoms with van der Waals surface area (Å²) in [6.45, 7) is 8.82. The minimum atomic E-state index is 1.21. The van der Waals surface area contributed by atoms with E-state index in [1.54, 1.807) is 0 Å². The first kappa shape index (κ1) is 13.0. The minimum Gasteiger partial charge on any atom is -0.0839 e. The summed E-state index contributed by atoms with van der Waals surface area (Å²) < 4.78 is 0. The summed E-state index contributed by atoms with van der Waals surface area (Å²) >= 11 is 0. The summed E-state index contributed by atoms with van der Waals surface area (Å²) in [4.78, 5) is 0. The summed E-state index contributed by atoms with van der Waals surface area (Å²) in [7, 11) is 0. The highest BCUT2D eigenvalue weighted by Gasteiger charge is 1.98. The first-order valence-electron chi connectivity index (χ1n) is 6.39. The van der Waals surface area contributed by atoms with Crippen LogP contribution in [0.15, 0.2) is 18.2 Å². The van der Waals surface area contributed by atoms with E-state index in [1.807, 2.05) is 0 Å². The molecule has 0 aromatic heterocycles. The lowest BCUT2D eigenvalue weighted by Crippen LogP contribution is -1.88. The molecule has 0 bridgehead atoms. The van der Waals surface area contributed by atoms with Gasteiger partial charge in [0, 0.05) is 0 Å². The first-order valence-corrected chi connectivity index (χ1v) is 6.39. The maximum absolute atomic E-state index is 2.32. The Labute approximate surface area is 100 Å². The van der Waals surface area contributed by atoms with Crippen molar-refractivity contribution in [2.24, 2.45) is 0 Å². The van der Waals surface area contributed by atoms with Crippen LogP contribution in [0.5, 0.6) is 0 Å². The second kappa shape index (κ2) is 6.52.